The van der Waals surface area contributed by atoms with Crippen molar-refractivity contribution in [2.24, 2.45) is 17.8 Å². The third-order valence-electron chi connectivity index (χ3n) is 3.39. The van der Waals surface area contributed by atoms with E-state index < -0.39 is 0 Å². The molecule has 100 valence electrons. The lowest BCUT2D eigenvalue weighted by atomic mass is 9.88. The summed E-state index contributed by atoms with van der Waals surface area (Å²) in [5.74, 6) is 1.16. The van der Waals surface area contributed by atoms with Crippen LogP contribution < -0.4 is 10.6 Å². The molecule has 1 saturated heterocycles. The molecule has 5 heteroatoms. The lowest BCUT2D eigenvalue weighted by molar-refractivity contribution is -0.121. The zero-order chi connectivity index (χ0) is 13.1. The summed E-state index contributed by atoms with van der Waals surface area (Å²) in [6.07, 6.45) is 3.61. The third kappa shape index (κ3) is 3.10. The van der Waals surface area contributed by atoms with Gasteiger partial charge < -0.3 is 10.6 Å². The molecule has 1 aromatic heterocycles. The second-order valence-corrected chi connectivity index (χ2v) is 5.54. The Bertz CT molecular complexity index is 409. The maximum atomic E-state index is 12.0. The Morgan fingerprint density at radius 2 is 2.28 bits per heavy atom. The number of hydrogen-bond acceptors (Lipinski definition) is 3. The first-order chi connectivity index (χ1) is 8.56. The molecular weight excluding hydrogens is 228 g/mol. The van der Waals surface area contributed by atoms with Gasteiger partial charge in [0, 0.05) is 18.7 Å². The minimum atomic E-state index is 0.0553. The monoisotopic (exact) mass is 250 g/mol. The highest BCUT2D eigenvalue weighted by Gasteiger charge is 2.28. The van der Waals surface area contributed by atoms with Crippen LogP contribution in [0.4, 0.5) is 5.69 Å². The zero-order valence-corrected chi connectivity index (χ0v) is 11.3. The van der Waals surface area contributed by atoms with Crippen LogP contribution in [0.5, 0.6) is 0 Å². The highest BCUT2D eigenvalue weighted by molar-refractivity contribution is 5.92. The number of carbonyl (C=O) groups is 1. The molecule has 0 spiro atoms. The summed E-state index contributed by atoms with van der Waals surface area (Å²) in [4.78, 5) is 12.0. The van der Waals surface area contributed by atoms with Crippen molar-refractivity contribution in [3.63, 3.8) is 0 Å². The number of anilines is 1. The fraction of sp³-hybridized carbons (Fsp3) is 0.692. The van der Waals surface area contributed by atoms with Crippen molar-refractivity contribution < 1.29 is 4.79 Å². The average Bonchev–Trinajstić information content (AvgIpc) is 2.61. The van der Waals surface area contributed by atoms with Gasteiger partial charge in [0.15, 0.2) is 0 Å². The van der Waals surface area contributed by atoms with Crippen molar-refractivity contribution >= 4 is 11.6 Å². The highest BCUT2D eigenvalue weighted by atomic mass is 16.1. The Morgan fingerprint density at radius 3 is 2.83 bits per heavy atom. The molecule has 2 rings (SSSR count). The lowest BCUT2D eigenvalue weighted by Crippen LogP contribution is -2.48. The third-order valence-corrected chi connectivity index (χ3v) is 3.39. The molecule has 1 aliphatic heterocycles. The van der Waals surface area contributed by atoms with Crippen LogP contribution in [0.1, 0.15) is 20.8 Å². The van der Waals surface area contributed by atoms with Gasteiger partial charge in [0.1, 0.15) is 0 Å². The first-order valence-electron chi connectivity index (χ1n) is 6.60. The van der Waals surface area contributed by atoms with Gasteiger partial charge in [0.25, 0.3) is 0 Å². The van der Waals surface area contributed by atoms with Crippen molar-refractivity contribution in [2.45, 2.75) is 27.3 Å². The minimum absolute atomic E-state index is 0.0553. The van der Waals surface area contributed by atoms with Crippen molar-refractivity contribution in [2.75, 3.05) is 18.4 Å². The Labute approximate surface area is 108 Å². The molecule has 1 atom stereocenters. The molecule has 2 heterocycles. The van der Waals surface area contributed by atoms with Gasteiger partial charge in [-0.05, 0) is 24.9 Å². The summed E-state index contributed by atoms with van der Waals surface area (Å²) < 4.78 is 1.87. The van der Waals surface area contributed by atoms with E-state index in [1.807, 2.05) is 17.8 Å². The van der Waals surface area contributed by atoms with E-state index in [9.17, 15) is 4.79 Å². The van der Waals surface area contributed by atoms with Crippen molar-refractivity contribution in [1.82, 2.24) is 15.1 Å². The molecule has 18 heavy (non-hydrogen) atoms. The predicted octanol–water partition coefficient (Wildman–Crippen LogP) is 1.33. The first kappa shape index (κ1) is 13.1. The SMILES string of the molecule is CC(C)Cn1cc(NC(=O)C(C)C2CNC2)cn1. The molecule has 0 radical (unpaired) electrons. The van der Waals surface area contributed by atoms with E-state index in [0.717, 1.165) is 25.3 Å². The van der Waals surface area contributed by atoms with E-state index in [1.165, 1.54) is 0 Å². The van der Waals surface area contributed by atoms with E-state index in [4.69, 9.17) is 0 Å². The standard InChI is InChI=1S/C13H22N4O/c1-9(2)7-17-8-12(6-15-17)16-13(18)10(3)11-4-14-5-11/h6,8-11,14H,4-5,7H2,1-3H3,(H,16,18). The molecule has 2 N–H and O–H groups in total. The van der Waals surface area contributed by atoms with Gasteiger partial charge in [0.2, 0.25) is 5.91 Å². The van der Waals surface area contributed by atoms with Crippen LogP contribution in [0, 0.1) is 17.8 Å². The summed E-state index contributed by atoms with van der Waals surface area (Å²) in [6, 6.07) is 0. The average molecular weight is 250 g/mol. The van der Waals surface area contributed by atoms with Gasteiger partial charge in [-0.25, -0.2) is 0 Å². The number of amides is 1. The van der Waals surface area contributed by atoms with Crippen LogP contribution in [0.2, 0.25) is 0 Å². The summed E-state index contributed by atoms with van der Waals surface area (Å²) >= 11 is 0. The Balaban J connectivity index is 1.88. The summed E-state index contributed by atoms with van der Waals surface area (Å²) in [5.41, 5.74) is 0.791. The molecule has 1 aliphatic rings. The molecular formula is C13H22N4O. The predicted molar refractivity (Wildman–Crippen MR) is 71.2 cm³/mol. The molecule has 1 amide bonds. The quantitative estimate of drug-likeness (QED) is 0.829. The number of aromatic nitrogens is 2. The number of nitrogens with zero attached hydrogens (tertiary/aromatic N) is 2. The van der Waals surface area contributed by atoms with Crippen molar-refractivity contribution in [3.8, 4) is 0 Å². The zero-order valence-electron chi connectivity index (χ0n) is 11.3. The molecule has 5 nitrogen and oxygen atoms in total. The molecule has 0 aliphatic carbocycles. The van der Waals surface area contributed by atoms with E-state index in [-0.39, 0.29) is 11.8 Å². The first-order valence-corrected chi connectivity index (χ1v) is 6.60. The molecule has 0 aromatic carbocycles. The van der Waals surface area contributed by atoms with E-state index in [1.54, 1.807) is 6.20 Å². The second kappa shape index (κ2) is 5.52. The molecule has 1 aromatic rings. The van der Waals surface area contributed by atoms with Gasteiger partial charge in [-0.2, -0.15) is 5.10 Å². The largest absolute Gasteiger partial charge is 0.323 e. The Hall–Kier alpha value is -1.36. The molecule has 0 bridgehead atoms. The van der Waals surface area contributed by atoms with Crippen molar-refractivity contribution in [3.05, 3.63) is 12.4 Å². The van der Waals surface area contributed by atoms with Gasteiger partial charge in [-0.1, -0.05) is 20.8 Å². The fourth-order valence-electron chi connectivity index (χ4n) is 2.04. The van der Waals surface area contributed by atoms with Crippen LogP contribution in [-0.2, 0) is 11.3 Å². The number of carbonyl (C=O) groups excluding carboxylic acids is 1. The van der Waals surface area contributed by atoms with Crippen LogP contribution in [0.3, 0.4) is 0 Å². The topological polar surface area (TPSA) is 59.0 Å². The van der Waals surface area contributed by atoms with E-state index >= 15 is 0 Å². The smallest absolute Gasteiger partial charge is 0.227 e. The number of hydrogen-bond donors (Lipinski definition) is 2. The fourth-order valence-corrected chi connectivity index (χ4v) is 2.04. The highest BCUT2D eigenvalue weighted by Crippen LogP contribution is 2.18. The molecule has 0 saturated carbocycles. The summed E-state index contributed by atoms with van der Waals surface area (Å²) in [5, 5.41) is 10.4. The van der Waals surface area contributed by atoms with E-state index in [0.29, 0.717) is 11.8 Å². The number of nitrogens with one attached hydrogen (secondary N) is 2. The van der Waals surface area contributed by atoms with Gasteiger partial charge in [-0.3, -0.25) is 9.48 Å². The van der Waals surface area contributed by atoms with Gasteiger partial charge in [-0.15, -0.1) is 0 Å². The Kier molecular flexibility index (Phi) is 4.01. The second-order valence-electron chi connectivity index (χ2n) is 5.54. The van der Waals surface area contributed by atoms with E-state index in [2.05, 4.69) is 29.6 Å². The number of rotatable bonds is 5. The van der Waals surface area contributed by atoms with Crippen LogP contribution >= 0.6 is 0 Å². The summed E-state index contributed by atoms with van der Waals surface area (Å²) in [7, 11) is 0. The Morgan fingerprint density at radius 1 is 1.56 bits per heavy atom. The maximum Gasteiger partial charge on any atom is 0.227 e. The lowest BCUT2D eigenvalue weighted by Gasteiger charge is -2.31. The normalized spacial score (nSPS) is 17.6. The van der Waals surface area contributed by atoms with Crippen LogP contribution in [0.15, 0.2) is 12.4 Å². The van der Waals surface area contributed by atoms with Gasteiger partial charge >= 0.3 is 0 Å². The molecule has 1 fully saturated rings. The van der Waals surface area contributed by atoms with Gasteiger partial charge in [0.05, 0.1) is 11.9 Å². The minimum Gasteiger partial charge on any atom is -0.323 e. The van der Waals surface area contributed by atoms with Crippen molar-refractivity contribution in [1.29, 1.82) is 0 Å². The molecule has 1 unspecified atom stereocenters. The van der Waals surface area contributed by atoms with Crippen LogP contribution in [-0.4, -0.2) is 28.8 Å². The van der Waals surface area contributed by atoms with Crippen LogP contribution in [0.25, 0.3) is 0 Å². The summed E-state index contributed by atoms with van der Waals surface area (Å²) in [6.45, 7) is 9.04. The maximum absolute atomic E-state index is 12.0.